The second kappa shape index (κ2) is 5.34. The number of ether oxygens (including phenoxy) is 1. The number of aromatic amines is 1. The minimum atomic E-state index is -2.51. The van der Waals surface area contributed by atoms with Crippen LogP contribution in [0.15, 0.2) is 12.1 Å². The highest BCUT2D eigenvalue weighted by molar-refractivity contribution is 5.75. The Balaban J connectivity index is 2.02. The van der Waals surface area contributed by atoms with E-state index in [0.29, 0.717) is 11.3 Å². The molecule has 0 amide bonds. The Morgan fingerprint density at radius 1 is 1.22 bits per heavy atom. The molecule has 0 radical (unpaired) electrons. The van der Waals surface area contributed by atoms with Gasteiger partial charge >= 0.3 is 0 Å². The number of rotatable bonds is 5. The normalized spacial score (nSPS) is 11.6. The number of nitrogens with zero attached hydrogens (tertiary/aromatic N) is 1. The molecule has 0 aliphatic heterocycles. The molecule has 0 aliphatic rings. The maximum Gasteiger partial charge on any atom is 0.261 e. The van der Waals surface area contributed by atoms with E-state index in [1.807, 2.05) is 0 Å². The van der Waals surface area contributed by atoms with Crippen LogP contribution in [0.25, 0.3) is 11.0 Å². The first kappa shape index (κ1) is 12.8. The fraction of sp³-hybridized carbons (Fsp3) is 0.364. The van der Waals surface area contributed by atoms with Gasteiger partial charge in [-0.1, -0.05) is 0 Å². The highest BCUT2D eigenvalue weighted by Gasteiger charge is 2.09. The molecular formula is C11H10F4N2O. The Hall–Kier alpha value is -1.63. The zero-order chi connectivity index (χ0) is 13.1. The first-order valence-electron chi connectivity index (χ1n) is 5.26. The van der Waals surface area contributed by atoms with Crippen LogP contribution >= 0.6 is 0 Å². The standard InChI is InChI=1S/C11H10F4N2O/c12-6-3-8-9(4-7(6)13)17-11(16-8)1-2-18-5-10(14)15/h3-4,10H,1-2,5H2,(H,16,17). The molecule has 0 aliphatic carbocycles. The van der Waals surface area contributed by atoms with E-state index in [1.54, 1.807) is 0 Å². The van der Waals surface area contributed by atoms with Crippen molar-refractivity contribution >= 4 is 11.0 Å². The third kappa shape index (κ3) is 2.98. The minimum Gasteiger partial charge on any atom is -0.375 e. The van der Waals surface area contributed by atoms with Crippen LogP contribution in [0.5, 0.6) is 0 Å². The van der Waals surface area contributed by atoms with Gasteiger partial charge in [0, 0.05) is 18.6 Å². The number of H-pyrrole nitrogens is 1. The quantitative estimate of drug-likeness (QED) is 0.664. The lowest BCUT2D eigenvalue weighted by Gasteiger charge is -2.00. The van der Waals surface area contributed by atoms with E-state index in [1.165, 1.54) is 0 Å². The molecule has 18 heavy (non-hydrogen) atoms. The number of aromatic nitrogens is 2. The summed E-state index contributed by atoms with van der Waals surface area (Å²) in [5.41, 5.74) is 0.649. The van der Waals surface area contributed by atoms with Crippen molar-refractivity contribution in [2.24, 2.45) is 0 Å². The molecular weight excluding hydrogens is 252 g/mol. The SMILES string of the molecule is Fc1cc2nc(CCOCC(F)F)[nH]c2cc1F. The lowest BCUT2D eigenvalue weighted by Crippen LogP contribution is -2.07. The van der Waals surface area contributed by atoms with Gasteiger partial charge in [0.1, 0.15) is 12.4 Å². The third-order valence-corrected chi connectivity index (χ3v) is 2.30. The summed E-state index contributed by atoms with van der Waals surface area (Å²) in [5.74, 6) is -1.51. The van der Waals surface area contributed by atoms with Gasteiger partial charge in [-0.3, -0.25) is 0 Å². The van der Waals surface area contributed by atoms with E-state index >= 15 is 0 Å². The van der Waals surface area contributed by atoms with Gasteiger partial charge in [0.2, 0.25) is 0 Å². The predicted octanol–water partition coefficient (Wildman–Crippen LogP) is 2.67. The van der Waals surface area contributed by atoms with E-state index in [0.717, 1.165) is 12.1 Å². The number of hydrogen-bond acceptors (Lipinski definition) is 2. The van der Waals surface area contributed by atoms with E-state index in [-0.39, 0.29) is 18.5 Å². The minimum absolute atomic E-state index is 0.0646. The van der Waals surface area contributed by atoms with Crippen molar-refractivity contribution in [1.82, 2.24) is 9.97 Å². The highest BCUT2D eigenvalue weighted by Crippen LogP contribution is 2.16. The fourth-order valence-corrected chi connectivity index (χ4v) is 1.52. The monoisotopic (exact) mass is 262 g/mol. The van der Waals surface area contributed by atoms with Crippen LogP contribution < -0.4 is 0 Å². The Labute approximate surface area is 99.8 Å². The summed E-state index contributed by atoms with van der Waals surface area (Å²) in [4.78, 5) is 6.77. The summed E-state index contributed by atoms with van der Waals surface area (Å²) in [6.07, 6.45) is -2.24. The van der Waals surface area contributed by atoms with Crippen LogP contribution in [0, 0.1) is 11.6 Å². The average molecular weight is 262 g/mol. The molecule has 0 unspecified atom stereocenters. The number of benzene rings is 1. The van der Waals surface area contributed by atoms with Gasteiger partial charge in [0.25, 0.3) is 6.43 Å². The van der Waals surface area contributed by atoms with Gasteiger partial charge in [-0.25, -0.2) is 22.5 Å². The lowest BCUT2D eigenvalue weighted by molar-refractivity contribution is 0.0183. The van der Waals surface area contributed by atoms with E-state index in [2.05, 4.69) is 14.7 Å². The van der Waals surface area contributed by atoms with Crippen LogP contribution in [-0.2, 0) is 11.2 Å². The van der Waals surface area contributed by atoms with E-state index < -0.39 is 24.7 Å². The molecule has 2 aromatic rings. The van der Waals surface area contributed by atoms with Crippen molar-refractivity contribution in [2.75, 3.05) is 13.2 Å². The Bertz CT molecular complexity index is 502. The average Bonchev–Trinajstić information content (AvgIpc) is 2.67. The zero-order valence-electron chi connectivity index (χ0n) is 9.22. The van der Waals surface area contributed by atoms with Gasteiger partial charge in [-0.05, 0) is 0 Å². The van der Waals surface area contributed by atoms with Gasteiger partial charge < -0.3 is 9.72 Å². The summed E-state index contributed by atoms with van der Waals surface area (Å²) in [5, 5.41) is 0. The second-order valence-electron chi connectivity index (χ2n) is 3.68. The maximum atomic E-state index is 12.9. The Kier molecular flexibility index (Phi) is 3.81. The first-order chi connectivity index (χ1) is 8.56. The molecule has 2 rings (SSSR count). The van der Waals surface area contributed by atoms with Crippen molar-refractivity contribution in [3.8, 4) is 0 Å². The van der Waals surface area contributed by atoms with Crippen LogP contribution in [0.2, 0.25) is 0 Å². The molecule has 0 fully saturated rings. The van der Waals surface area contributed by atoms with Gasteiger partial charge in [-0.2, -0.15) is 0 Å². The van der Waals surface area contributed by atoms with Crippen molar-refractivity contribution in [2.45, 2.75) is 12.8 Å². The lowest BCUT2D eigenvalue weighted by atomic mass is 10.3. The molecule has 1 N–H and O–H groups in total. The molecule has 0 atom stereocenters. The van der Waals surface area contributed by atoms with Crippen molar-refractivity contribution in [1.29, 1.82) is 0 Å². The van der Waals surface area contributed by atoms with Crippen LogP contribution in [0.1, 0.15) is 5.82 Å². The third-order valence-electron chi connectivity index (χ3n) is 2.30. The molecule has 1 aromatic carbocycles. The van der Waals surface area contributed by atoms with Crippen molar-refractivity contribution < 1.29 is 22.3 Å². The molecule has 0 saturated heterocycles. The molecule has 0 spiro atoms. The molecule has 1 heterocycles. The van der Waals surface area contributed by atoms with Gasteiger partial charge in [0.15, 0.2) is 11.6 Å². The maximum absolute atomic E-state index is 12.9. The fourth-order valence-electron chi connectivity index (χ4n) is 1.52. The van der Waals surface area contributed by atoms with Crippen molar-refractivity contribution in [3.63, 3.8) is 0 Å². The number of nitrogens with one attached hydrogen (secondary N) is 1. The summed E-state index contributed by atoms with van der Waals surface area (Å²) < 4.78 is 54.1. The highest BCUT2D eigenvalue weighted by atomic mass is 19.3. The molecule has 0 bridgehead atoms. The van der Waals surface area contributed by atoms with Crippen LogP contribution in [-0.4, -0.2) is 29.6 Å². The smallest absolute Gasteiger partial charge is 0.261 e. The second-order valence-corrected chi connectivity index (χ2v) is 3.68. The zero-order valence-corrected chi connectivity index (χ0v) is 9.22. The molecule has 1 aromatic heterocycles. The first-order valence-corrected chi connectivity index (χ1v) is 5.26. The van der Waals surface area contributed by atoms with Crippen LogP contribution in [0.3, 0.4) is 0 Å². The largest absolute Gasteiger partial charge is 0.375 e. The predicted molar refractivity (Wildman–Crippen MR) is 56.5 cm³/mol. The number of alkyl halides is 2. The Morgan fingerprint density at radius 2 is 1.94 bits per heavy atom. The van der Waals surface area contributed by atoms with Crippen LogP contribution in [0.4, 0.5) is 17.6 Å². The molecule has 7 heteroatoms. The number of fused-ring (bicyclic) bond motifs is 1. The van der Waals surface area contributed by atoms with E-state index in [4.69, 9.17) is 0 Å². The topological polar surface area (TPSA) is 37.9 Å². The molecule has 0 saturated carbocycles. The summed E-state index contributed by atoms with van der Waals surface area (Å²) in [6.45, 7) is -0.571. The summed E-state index contributed by atoms with van der Waals surface area (Å²) in [6, 6.07) is 1.98. The number of halogens is 4. The number of hydrogen-bond donors (Lipinski definition) is 1. The summed E-state index contributed by atoms with van der Waals surface area (Å²) >= 11 is 0. The number of imidazole rings is 1. The molecule has 3 nitrogen and oxygen atoms in total. The van der Waals surface area contributed by atoms with Gasteiger partial charge in [-0.15, -0.1) is 0 Å². The van der Waals surface area contributed by atoms with Crippen molar-refractivity contribution in [3.05, 3.63) is 29.6 Å². The van der Waals surface area contributed by atoms with Gasteiger partial charge in [0.05, 0.1) is 17.6 Å². The Morgan fingerprint density at radius 3 is 2.67 bits per heavy atom. The van der Waals surface area contributed by atoms with E-state index in [9.17, 15) is 17.6 Å². The molecule has 98 valence electrons. The summed E-state index contributed by atoms with van der Waals surface area (Å²) in [7, 11) is 0.